The van der Waals surface area contributed by atoms with Crippen molar-refractivity contribution in [3.8, 4) is 0 Å². The average molecular weight is 388 g/mol. The van der Waals surface area contributed by atoms with Gasteiger partial charge in [0.15, 0.2) is 0 Å². The van der Waals surface area contributed by atoms with Crippen molar-refractivity contribution in [1.82, 2.24) is 0 Å². The Morgan fingerprint density at radius 1 is 1.12 bits per heavy atom. The first kappa shape index (κ1) is 25.9. The largest absolute Gasteiger partial charge is 0.478 e. The molecular weight excluding hydrogens is 358 g/mol. The summed E-state index contributed by atoms with van der Waals surface area (Å²) in [5.41, 5.74) is 2.55. The SMILES string of the molecule is C/C=C(\C)CC/C=C(\C)C(O)CCCC.O=P(O)(O)OP(=O)(O)O. The van der Waals surface area contributed by atoms with Gasteiger partial charge in [0.2, 0.25) is 0 Å². The van der Waals surface area contributed by atoms with Gasteiger partial charge in [0.1, 0.15) is 0 Å². The summed E-state index contributed by atoms with van der Waals surface area (Å²) in [6.45, 7) is 8.41. The van der Waals surface area contributed by atoms with Crippen molar-refractivity contribution in [2.24, 2.45) is 0 Å². The molecule has 0 aliphatic carbocycles. The molecule has 24 heavy (non-hydrogen) atoms. The van der Waals surface area contributed by atoms with E-state index in [0.717, 1.165) is 37.7 Å². The molecule has 1 unspecified atom stereocenters. The van der Waals surface area contributed by atoms with E-state index in [2.05, 4.69) is 37.2 Å². The zero-order valence-corrected chi connectivity index (χ0v) is 16.4. The minimum atomic E-state index is -5.05. The highest BCUT2D eigenvalue weighted by Crippen LogP contribution is 2.53. The van der Waals surface area contributed by atoms with E-state index < -0.39 is 15.6 Å². The van der Waals surface area contributed by atoms with Gasteiger partial charge in [0, 0.05) is 0 Å². The fourth-order valence-electron chi connectivity index (χ4n) is 1.57. The van der Waals surface area contributed by atoms with Crippen LogP contribution in [0.15, 0.2) is 23.3 Å². The van der Waals surface area contributed by atoms with E-state index in [1.54, 1.807) is 0 Å². The molecule has 0 saturated carbocycles. The normalized spacial score (nSPS) is 14.9. The standard InChI is InChI=1S/C14H26O.H4O7P2/c1-5-7-11-14(15)13(4)10-8-9-12(3)6-2;1-8(2,3)7-9(4,5)6/h6,10,14-15H,5,7-9,11H2,1-4H3;(H2,1,2,3)(H2,4,5,6)/b12-6+,13-10+;. The van der Waals surface area contributed by atoms with Crippen LogP contribution in [0.1, 0.15) is 59.8 Å². The van der Waals surface area contributed by atoms with Gasteiger partial charge in [0.05, 0.1) is 6.10 Å². The third-order valence-corrected chi connectivity index (χ3v) is 4.77. The number of hydrogen-bond acceptors (Lipinski definition) is 4. The van der Waals surface area contributed by atoms with E-state index in [1.165, 1.54) is 5.57 Å². The maximum Gasteiger partial charge on any atom is 0.478 e. The van der Waals surface area contributed by atoms with Crippen molar-refractivity contribution in [1.29, 1.82) is 0 Å². The summed E-state index contributed by atoms with van der Waals surface area (Å²) >= 11 is 0. The molecule has 0 amide bonds. The van der Waals surface area contributed by atoms with Crippen molar-refractivity contribution in [3.63, 3.8) is 0 Å². The van der Waals surface area contributed by atoms with Gasteiger partial charge in [-0.3, -0.25) is 0 Å². The lowest BCUT2D eigenvalue weighted by molar-refractivity contribution is 0.196. The fraction of sp³-hybridized carbons (Fsp3) is 0.714. The molecule has 0 bridgehead atoms. The predicted octanol–water partition coefficient (Wildman–Crippen LogP) is 3.42. The molecule has 144 valence electrons. The Labute approximate surface area is 143 Å². The van der Waals surface area contributed by atoms with Crippen LogP contribution in [0, 0.1) is 0 Å². The predicted molar refractivity (Wildman–Crippen MR) is 93.1 cm³/mol. The first-order valence-electron chi connectivity index (χ1n) is 7.61. The fourth-order valence-corrected chi connectivity index (χ4v) is 2.68. The van der Waals surface area contributed by atoms with Gasteiger partial charge >= 0.3 is 15.6 Å². The van der Waals surface area contributed by atoms with Crippen LogP contribution in [0.5, 0.6) is 0 Å². The van der Waals surface area contributed by atoms with Gasteiger partial charge < -0.3 is 24.7 Å². The first-order chi connectivity index (χ1) is 10.8. The quantitative estimate of drug-likeness (QED) is 0.298. The summed E-state index contributed by atoms with van der Waals surface area (Å²) in [6.07, 6.45) is 9.42. The number of unbranched alkanes of at least 4 members (excludes halogenated alkanes) is 1. The first-order valence-corrected chi connectivity index (χ1v) is 10.7. The summed E-state index contributed by atoms with van der Waals surface area (Å²) in [5.74, 6) is 0. The summed E-state index contributed by atoms with van der Waals surface area (Å²) < 4.78 is 22.2. The van der Waals surface area contributed by atoms with Crippen molar-refractivity contribution in [2.45, 2.75) is 65.9 Å². The molecule has 0 fully saturated rings. The number of allylic oxidation sites excluding steroid dienone is 3. The van der Waals surface area contributed by atoms with E-state index in [9.17, 15) is 14.2 Å². The van der Waals surface area contributed by atoms with Crippen molar-refractivity contribution in [3.05, 3.63) is 23.3 Å². The summed E-state index contributed by atoms with van der Waals surface area (Å²) in [4.78, 5) is 31.0. The third kappa shape index (κ3) is 19.7. The topological polar surface area (TPSA) is 145 Å². The molecule has 8 nitrogen and oxygen atoms in total. The van der Waals surface area contributed by atoms with Crippen LogP contribution in [0.4, 0.5) is 0 Å². The lowest BCUT2D eigenvalue weighted by atomic mass is 10.0. The Balaban J connectivity index is 0. The van der Waals surface area contributed by atoms with Crippen molar-refractivity contribution >= 4 is 15.6 Å². The number of hydrogen-bond donors (Lipinski definition) is 5. The maximum absolute atomic E-state index is 9.79. The molecule has 0 saturated heterocycles. The van der Waals surface area contributed by atoms with Crippen LogP contribution in [0.25, 0.3) is 0 Å². The number of rotatable bonds is 9. The number of aliphatic hydroxyl groups excluding tert-OH is 1. The molecule has 1 atom stereocenters. The minimum Gasteiger partial charge on any atom is -0.389 e. The minimum absolute atomic E-state index is 0.226. The molecule has 0 heterocycles. The van der Waals surface area contributed by atoms with E-state index >= 15 is 0 Å². The van der Waals surface area contributed by atoms with Crippen LogP contribution >= 0.6 is 15.6 Å². The third-order valence-electron chi connectivity index (χ3n) is 3.07. The summed E-state index contributed by atoms with van der Waals surface area (Å²) in [5, 5.41) is 9.79. The van der Waals surface area contributed by atoms with Gasteiger partial charge in [-0.15, -0.1) is 0 Å². The molecule has 0 radical (unpaired) electrons. The lowest BCUT2D eigenvalue weighted by Gasteiger charge is -2.10. The maximum atomic E-state index is 9.79. The van der Waals surface area contributed by atoms with Crippen LogP contribution in [-0.4, -0.2) is 30.8 Å². The Morgan fingerprint density at radius 2 is 1.62 bits per heavy atom. The zero-order valence-electron chi connectivity index (χ0n) is 14.6. The van der Waals surface area contributed by atoms with Crippen LogP contribution in [0.3, 0.4) is 0 Å². The Morgan fingerprint density at radius 3 is 1.96 bits per heavy atom. The highest BCUT2D eigenvalue weighted by Gasteiger charge is 2.27. The van der Waals surface area contributed by atoms with Gasteiger partial charge in [0.25, 0.3) is 0 Å². The van der Waals surface area contributed by atoms with Crippen LogP contribution in [-0.2, 0) is 13.4 Å². The molecule has 0 aromatic rings. The van der Waals surface area contributed by atoms with Gasteiger partial charge in [-0.2, -0.15) is 4.31 Å². The van der Waals surface area contributed by atoms with Crippen molar-refractivity contribution in [2.75, 3.05) is 0 Å². The smallest absolute Gasteiger partial charge is 0.389 e. The average Bonchev–Trinajstić information content (AvgIpc) is 2.40. The second-order valence-electron chi connectivity index (χ2n) is 5.34. The molecule has 0 aromatic carbocycles. The number of phosphoric acid groups is 2. The monoisotopic (exact) mass is 388 g/mol. The van der Waals surface area contributed by atoms with E-state index in [-0.39, 0.29) is 6.10 Å². The molecule has 0 aromatic heterocycles. The molecule has 0 aliphatic heterocycles. The van der Waals surface area contributed by atoms with E-state index in [0.29, 0.717) is 0 Å². The van der Waals surface area contributed by atoms with E-state index in [1.807, 2.05) is 6.92 Å². The van der Waals surface area contributed by atoms with Gasteiger partial charge in [-0.1, -0.05) is 37.5 Å². The second kappa shape index (κ2) is 13.0. The second-order valence-corrected chi connectivity index (χ2v) is 7.96. The number of aliphatic hydroxyl groups is 1. The van der Waals surface area contributed by atoms with Crippen LogP contribution < -0.4 is 0 Å². The van der Waals surface area contributed by atoms with E-state index in [4.69, 9.17) is 19.6 Å². The van der Waals surface area contributed by atoms with Crippen LogP contribution in [0.2, 0.25) is 0 Å². The summed E-state index contributed by atoms with van der Waals surface area (Å²) in [6, 6.07) is 0. The Bertz CT molecular complexity index is 469. The zero-order chi connectivity index (χ0) is 19.4. The van der Waals surface area contributed by atoms with Crippen molar-refractivity contribution < 1.29 is 38.1 Å². The Kier molecular flexibility index (Phi) is 14.0. The molecule has 0 aliphatic rings. The molecular formula is C14H30O8P2. The highest BCUT2D eigenvalue weighted by atomic mass is 31.3. The molecule has 0 spiro atoms. The summed E-state index contributed by atoms with van der Waals surface area (Å²) in [7, 11) is -10.1. The van der Waals surface area contributed by atoms with Gasteiger partial charge in [-0.05, 0) is 45.6 Å². The molecule has 0 rings (SSSR count). The molecule has 10 heteroatoms. The molecule has 5 N–H and O–H groups in total. The lowest BCUT2D eigenvalue weighted by Crippen LogP contribution is -2.07. The van der Waals surface area contributed by atoms with Gasteiger partial charge in [-0.25, -0.2) is 9.13 Å². The highest BCUT2D eigenvalue weighted by molar-refractivity contribution is 7.60. The Hall–Kier alpha value is -0.300.